The van der Waals surface area contributed by atoms with Crippen LogP contribution in [-0.4, -0.2) is 35.4 Å². The molecule has 5 nitrogen and oxygen atoms in total. The van der Waals surface area contributed by atoms with E-state index in [1.54, 1.807) is 0 Å². The van der Waals surface area contributed by atoms with Crippen molar-refractivity contribution in [1.29, 1.82) is 0 Å². The van der Waals surface area contributed by atoms with Gasteiger partial charge in [-0.2, -0.15) is 0 Å². The van der Waals surface area contributed by atoms with E-state index in [2.05, 4.69) is 16.4 Å². The molecule has 0 aliphatic carbocycles. The van der Waals surface area contributed by atoms with Crippen LogP contribution in [-0.2, 0) is 11.3 Å². The number of nitrogens with zero attached hydrogens (tertiary/aromatic N) is 2. The summed E-state index contributed by atoms with van der Waals surface area (Å²) < 4.78 is 0. The number of rotatable bonds is 7. The van der Waals surface area contributed by atoms with Crippen molar-refractivity contribution >= 4 is 22.6 Å². The number of hydrogen-bond donors (Lipinski definition) is 2. The highest BCUT2D eigenvalue weighted by molar-refractivity contribution is 5.81. The Balaban J connectivity index is 2.35. The predicted molar refractivity (Wildman–Crippen MR) is 86.1 cm³/mol. The third-order valence-corrected chi connectivity index (χ3v) is 3.37. The number of carbonyl (C=O) groups is 1. The number of aromatic nitrogens is 1. The zero-order valence-electron chi connectivity index (χ0n) is 12.6. The van der Waals surface area contributed by atoms with E-state index in [0.29, 0.717) is 6.54 Å². The second-order valence-electron chi connectivity index (χ2n) is 4.99. The summed E-state index contributed by atoms with van der Waals surface area (Å²) in [6.07, 6.45) is 0. The molecule has 0 atom stereocenters. The number of fused-ring (bicyclic) bond motifs is 1. The fourth-order valence-corrected chi connectivity index (χ4v) is 2.34. The lowest BCUT2D eigenvalue weighted by atomic mass is 10.1. The molecule has 0 aliphatic rings. The Kier molecular flexibility index (Phi) is 5.11. The lowest BCUT2D eigenvalue weighted by Crippen LogP contribution is -2.33. The Morgan fingerprint density at radius 1 is 1.33 bits per heavy atom. The highest BCUT2D eigenvalue weighted by Gasteiger charge is 2.12. The van der Waals surface area contributed by atoms with Crippen LogP contribution >= 0.6 is 0 Å². The first-order valence-electron chi connectivity index (χ1n) is 7.27. The maximum atomic E-state index is 11.1. The van der Waals surface area contributed by atoms with E-state index in [9.17, 15) is 4.79 Å². The van der Waals surface area contributed by atoms with Crippen LogP contribution in [0.1, 0.15) is 19.4 Å². The highest BCUT2D eigenvalue weighted by Crippen LogP contribution is 2.21. The first-order valence-corrected chi connectivity index (χ1v) is 7.27. The molecule has 2 aromatic rings. The largest absolute Gasteiger partial charge is 0.370 e. The molecule has 5 heteroatoms. The number of anilines is 1. The average molecular weight is 286 g/mol. The minimum absolute atomic E-state index is 0.259. The number of pyridine rings is 1. The summed E-state index contributed by atoms with van der Waals surface area (Å²) in [4.78, 5) is 17.8. The fourth-order valence-electron chi connectivity index (χ4n) is 2.34. The normalized spacial score (nSPS) is 11.0. The zero-order valence-corrected chi connectivity index (χ0v) is 12.6. The van der Waals surface area contributed by atoms with Gasteiger partial charge in [0.1, 0.15) is 5.82 Å². The minimum atomic E-state index is -0.310. The van der Waals surface area contributed by atoms with Gasteiger partial charge in [-0.3, -0.25) is 9.69 Å². The van der Waals surface area contributed by atoms with Gasteiger partial charge in [0.05, 0.1) is 12.1 Å². The molecule has 0 aliphatic heterocycles. The monoisotopic (exact) mass is 286 g/mol. The molecule has 1 amide bonds. The Morgan fingerprint density at radius 2 is 2.10 bits per heavy atom. The number of amides is 1. The third kappa shape index (κ3) is 3.92. The van der Waals surface area contributed by atoms with Crippen LogP contribution in [0.4, 0.5) is 5.82 Å². The van der Waals surface area contributed by atoms with Crippen LogP contribution in [0.15, 0.2) is 30.3 Å². The van der Waals surface area contributed by atoms with Gasteiger partial charge < -0.3 is 11.1 Å². The van der Waals surface area contributed by atoms with E-state index >= 15 is 0 Å². The van der Waals surface area contributed by atoms with E-state index in [-0.39, 0.29) is 12.5 Å². The number of nitrogens with one attached hydrogen (secondary N) is 1. The zero-order chi connectivity index (χ0) is 15.2. The molecular weight excluding hydrogens is 264 g/mol. The molecule has 0 radical (unpaired) electrons. The summed E-state index contributed by atoms with van der Waals surface area (Å²) in [5.74, 6) is 0.565. The van der Waals surface area contributed by atoms with Gasteiger partial charge >= 0.3 is 0 Å². The second-order valence-corrected chi connectivity index (χ2v) is 4.99. The van der Waals surface area contributed by atoms with Crippen LogP contribution in [0.3, 0.4) is 0 Å². The third-order valence-electron chi connectivity index (χ3n) is 3.37. The standard InChI is InChI=1S/C16H22N4O/c1-3-18-16-13(10-20(4-2)11-15(17)21)9-12-7-5-6-8-14(12)19-16/h5-9H,3-4,10-11H2,1-2H3,(H2,17,21)(H,18,19). The molecule has 112 valence electrons. The molecule has 21 heavy (non-hydrogen) atoms. The van der Waals surface area contributed by atoms with Crippen LogP contribution in [0, 0.1) is 0 Å². The molecular formula is C16H22N4O. The lowest BCUT2D eigenvalue weighted by molar-refractivity contribution is -0.119. The van der Waals surface area contributed by atoms with E-state index in [1.807, 2.05) is 43.0 Å². The van der Waals surface area contributed by atoms with Crippen molar-refractivity contribution in [2.45, 2.75) is 20.4 Å². The van der Waals surface area contributed by atoms with Crippen molar-refractivity contribution in [3.05, 3.63) is 35.9 Å². The van der Waals surface area contributed by atoms with E-state index in [4.69, 9.17) is 5.73 Å². The summed E-state index contributed by atoms with van der Waals surface area (Å²) in [6.45, 7) is 6.54. The maximum absolute atomic E-state index is 11.1. The van der Waals surface area contributed by atoms with Gasteiger partial charge in [-0.1, -0.05) is 25.1 Å². The molecule has 0 fully saturated rings. The molecule has 0 spiro atoms. The van der Waals surface area contributed by atoms with E-state index in [0.717, 1.165) is 35.4 Å². The number of likely N-dealkylation sites (N-methyl/N-ethyl adjacent to an activating group) is 1. The van der Waals surface area contributed by atoms with Crippen LogP contribution in [0.5, 0.6) is 0 Å². The van der Waals surface area contributed by atoms with Crippen molar-refractivity contribution in [2.24, 2.45) is 5.73 Å². The summed E-state index contributed by atoms with van der Waals surface area (Å²) in [5.41, 5.74) is 7.35. The number of primary amides is 1. The predicted octanol–water partition coefficient (Wildman–Crippen LogP) is 1.97. The van der Waals surface area contributed by atoms with Gasteiger partial charge in [0, 0.05) is 24.0 Å². The minimum Gasteiger partial charge on any atom is -0.370 e. The summed E-state index contributed by atoms with van der Waals surface area (Å²) in [6, 6.07) is 10.2. The second kappa shape index (κ2) is 7.04. The highest BCUT2D eigenvalue weighted by atomic mass is 16.1. The van der Waals surface area contributed by atoms with Crippen LogP contribution < -0.4 is 11.1 Å². The summed E-state index contributed by atoms with van der Waals surface area (Å²) >= 11 is 0. The molecule has 1 aromatic carbocycles. The number of para-hydroxylation sites is 1. The molecule has 2 rings (SSSR count). The number of carbonyl (C=O) groups excluding carboxylic acids is 1. The topological polar surface area (TPSA) is 71.2 Å². The van der Waals surface area contributed by atoms with Gasteiger partial charge in [0.15, 0.2) is 0 Å². The molecule has 1 aromatic heterocycles. The Bertz CT molecular complexity index is 627. The van der Waals surface area contributed by atoms with Crippen molar-refractivity contribution in [3.8, 4) is 0 Å². The quantitative estimate of drug-likeness (QED) is 0.816. The van der Waals surface area contributed by atoms with Crippen molar-refractivity contribution in [1.82, 2.24) is 9.88 Å². The van der Waals surface area contributed by atoms with Gasteiger partial charge in [-0.15, -0.1) is 0 Å². The molecule has 0 bridgehead atoms. The molecule has 0 unspecified atom stereocenters. The SMILES string of the molecule is CCNc1nc2ccccc2cc1CN(CC)CC(N)=O. The summed E-state index contributed by atoms with van der Waals surface area (Å²) in [7, 11) is 0. The molecule has 1 heterocycles. The number of benzene rings is 1. The van der Waals surface area contributed by atoms with Gasteiger partial charge in [0.2, 0.25) is 5.91 Å². The van der Waals surface area contributed by atoms with Crippen molar-refractivity contribution in [2.75, 3.05) is 25.0 Å². The molecule has 3 N–H and O–H groups in total. The van der Waals surface area contributed by atoms with Gasteiger partial charge in [-0.05, 0) is 25.6 Å². The fraction of sp³-hybridized carbons (Fsp3) is 0.375. The first kappa shape index (κ1) is 15.3. The van der Waals surface area contributed by atoms with Gasteiger partial charge in [0.25, 0.3) is 0 Å². The van der Waals surface area contributed by atoms with Crippen molar-refractivity contribution < 1.29 is 4.79 Å². The average Bonchev–Trinajstić information content (AvgIpc) is 2.46. The summed E-state index contributed by atoms with van der Waals surface area (Å²) in [5, 5.41) is 4.40. The first-order chi connectivity index (χ1) is 10.1. The Hall–Kier alpha value is -2.14. The molecule has 0 saturated heterocycles. The lowest BCUT2D eigenvalue weighted by Gasteiger charge is -2.20. The number of hydrogen-bond acceptors (Lipinski definition) is 4. The van der Waals surface area contributed by atoms with Crippen molar-refractivity contribution in [3.63, 3.8) is 0 Å². The Morgan fingerprint density at radius 3 is 2.76 bits per heavy atom. The van der Waals surface area contributed by atoms with E-state index < -0.39 is 0 Å². The maximum Gasteiger partial charge on any atom is 0.231 e. The van der Waals surface area contributed by atoms with Gasteiger partial charge in [-0.25, -0.2) is 4.98 Å². The van der Waals surface area contributed by atoms with Crippen LogP contribution in [0.2, 0.25) is 0 Å². The van der Waals surface area contributed by atoms with Crippen LogP contribution in [0.25, 0.3) is 10.9 Å². The van der Waals surface area contributed by atoms with E-state index in [1.165, 1.54) is 0 Å². The molecule has 0 saturated carbocycles. The smallest absolute Gasteiger partial charge is 0.231 e. The Labute approximate surface area is 125 Å². The number of nitrogens with two attached hydrogens (primary N) is 1.